The molecule has 0 aromatic heterocycles. The topological polar surface area (TPSA) is 29.5 Å². The number of amides is 1. The van der Waals surface area contributed by atoms with E-state index < -0.39 is 6.10 Å². The number of carbonyl (C=O) groups excluding carboxylic acids is 1. The molecule has 1 saturated heterocycles. The second-order valence-electron chi connectivity index (χ2n) is 4.61. The third-order valence-corrected chi connectivity index (χ3v) is 3.10. The van der Waals surface area contributed by atoms with Gasteiger partial charge in [-0.1, -0.05) is 17.7 Å². The van der Waals surface area contributed by atoms with Crippen molar-refractivity contribution >= 4 is 5.91 Å². The third-order valence-electron chi connectivity index (χ3n) is 3.10. The quantitative estimate of drug-likeness (QED) is 0.802. The minimum atomic E-state index is -0.393. The van der Waals surface area contributed by atoms with Crippen LogP contribution < -0.4 is 4.74 Å². The molecule has 0 bridgehead atoms. The van der Waals surface area contributed by atoms with E-state index >= 15 is 0 Å². The van der Waals surface area contributed by atoms with Gasteiger partial charge in [0.05, 0.1) is 0 Å². The summed E-state index contributed by atoms with van der Waals surface area (Å²) in [4.78, 5) is 13.9. The van der Waals surface area contributed by atoms with E-state index in [4.69, 9.17) is 4.74 Å². The van der Waals surface area contributed by atoms with Crippen LogP contribution in [-0.2, 0) is 4.79 Å². The maximum Gasteiger partial charge on any atom is 0.263 e. The number of rotatable bonds is 3. The van der Waals surface area contributed by atoms with Crippen molar-refractivity contribution < 1.29 is 9.53 Å². The van der Waals surface area contributed by atoms with Gasteiger partial charge in [-0.25, -0.2) is 0 Å². The van der Waals surface area contributed by atoms with E-state index in [1.165, 1.54) is 5.56 Å². The van der Waals surface area contributed by atoms with Crippen molar-refractivity contribution in [2.24, 2.45) is 0 Å². The molecule has 1 aromatic carbocycles. The molecule has 17 heavy (non-hydrogen) atoms. The molecule has 2 rings (SSSR count). The molecule has 0 radical (unpaired) electrons. The number of carbonyl (C=O) groups is 1. The van der Waals surface area contributed by atoms with Crippen LogP contribution in [0, 0.1) is 6.92 Å². The van der Waals surface area contributed by atoms with Crippen LogP contribution in [0.3, 0.4) is 0 Å². The zero-order valence-electron chi connectivity index (χ0n) is 10.5. The summed E-state index contributed by atoms with van der Waals surface area (Å²) in [5, 5.41) is 0. The van der Waals surface area contributed by atoms with Gasteiger partial charge in [0.1, 0.15) is 5.75 Å². The summed E-state index contributed by atoms with van der Waals surface area (Å²) >= 11 is 0. The minimum absolute atomic E-state index is 0.100. The van der Waals surface area contributed by atoms with E-state index in [0.717, 1.165) is 31.7 Å². The lowest BCUT2D eigenvalue weighted by molar-refractivity contribution is -0.136. The summed E-state index contributed by atoms with van der Waals surface area (Å²) in [5.74, 6) is 0.860. The van der Waals surface area contributed by atoms with Gasteiger partial charge in [-0.05, 0) is 38.8 Å². The lowest BCUT2D eigenvalue weighted by Crippen LogP contribution is -2.38. The molecule has 0 saturated carbocycles. The molecule has 1 fully saturated rings. The van der Waals surface area contributed by atoms with Crippen molar-refractivity contribution in [3.8, 4) is 5.75 Å². The van der Waals surface area contributed by atoms with E-state index in [2.05, 4.69) is 0 Å². The number of ether oxygens (including phenoxy) is 1. The molecular formula is C14H19NO2. The number of likely N-dealkylation sites (tertiary alicyclic amines) is 1. The number of aryl methyl sites for hydroxylation is 1. The fourth-order valence-electron chi connectivity index (χ4n) is 2.07. The van der Waals surface area contributed by atoms with E-state index in [1.54, 1.807) is 0 Å². The van der Waals surface area contributed by atoms with Crippen molar-refractivity contribution in [2.45, 2.75) is 32.8 Å². The fraction of sp³-hybridized carbons (Fsp3) is 0.500. The Hall–Kier alpha value is -1.51. The highest BCUT2D eigenvalue weighted by Crippen LogP contribution is 2.16. The zero-order valence-corrected chi connectivity index (χ0v) is 10.5. The van der Waals surface area contributed by atoms with Crippen LogP contribution in [-0.4, -0.2) is 30.0 Å². The number of nitrogens with zero attached hydrogens (tertiary/aromatic N) is 1. The average Bonchev–Trinajstić information content (AvgIpc) is 2.84. The highest BCUT2D eigenvalue weighted by molar-refractivity contribution is 5.81. The Bertz CT molecular complexity index is 380. The van der Waals surface area contributed by atoms with E-state index in [9.17, 15) is 4.79 Å². The second kappa shape index (κ2) is 5.21. The van der Waals surface area contributed by atoms with Crippen LogP contribution in [0.4, 0.5) is 0 Å². The van der Waals surface area contributed by atoms with Gasteiger partial charge in [-0.2, -0.15) is 0 Å². The Morgan fingerprint density at radius 1 is 1.24 bits per heavy atom. The van der Waals surface area contributed by atoms with Crippen molar-refractivity contribution in [3.05, 3.63) is 29.8 Å². The minimum Gasteiger partial charge on any atom is -0.481 e. The van der Waals surface area contributed by atoms with Crippen molar-refractivity contribution in [3.63, 3.8) is 0 Å². The molecule has 92 valence electrons. The normalized spacial score (nSPS) is 16.9. The summed E-state index contributed by atoms with van der Waals surface area (Å²) in [6.07, 6.45) is 1.84. The van der Waals surface area contributed by atoms with Crippen LogP contribution in [0.5, 0.6) is 5.75 Å². The largest absolute Gasteiger partial charge is 0.481 e. The van der Waals surface area contributed by atoms with Gasteiger partial charge in [0.15, 0.2) is 6.10 Å². The van der Waals surface area contributed by atoms with E-state index in [-0.39, 0.29) is 5.91 Å². The second-order valence-corrected chi connectivity index (χ2v) is 4.61. The van der Waals surface area contributed by atoms with Gasteiger partial charge in [0, 0.05) is 13.1 Å². The Morgan fingerprint density at radius 2 is 1.82 bits per heavy atom. The van der Waals surface area contributed by atoms with E-state index in [1.807, 2.05) is 43.0 Å². The number of benzene rings is 1. The Morgan fingerprint density at radius 3 is 2.41 bits per heavy atom. The Balaban J connectivity index is 1.93. The van der Waals surface area contributed by atoms with Crippen LogP contribution >= 0.6 is 0 Å². The van der Waals surface area contributed by atoms with Gasteiger partial charge in [0.2, 0.25) is 0 Å². The van der Waals surface area contributed by atoms with Gasteiger partial charge < -0.3 is 9.64 Å². The molecule has 1 atom stereocenters. The maximum absolute atomic E-state index is 12.0. The maximum atomic E-state index is 12.0. The molecule has 1 aromatic rings. The number of hydrogen-bond acceptors (Lipinski definition) is 2. The monoisotopic (exact) mass is 233 g/mol. The van der Waals surface area contributed by atoms with Crippen molar-refractivity contribution in [1.82, 2.24) is 4.90 Å². The summed E-state index contributed by atoms with van der Waals surface area (Å²) in [5.41, 5.74) is 1.19. The lowest BCUT2D eigenvalue weighted by atomic mass is 10.2. The van der Waals surface area contributed by atoms with Crippen LogP contribution in [0.1, 0.15) is 25.3 Å². The summed E-state index contributed by atoms with van der Waals surface area (Å²) in [6, 6.07) is 7.79. The van der Waals surface area contributed by atoms with Gasteiger partial charge in [0.25, 0.3) is 5.91 Å². The van der Waals surface area contributed by atoms with Gasteiger partial charge in [-0.3, -0.25) is 4.79 Å². The van der Waals surface area contributed by atoms with Crippen LogP contribution in [0.2, 0.25) is 0 Å². The molecule has 3 nitrogen and oxygen atoms in total. The number of hydrogen-bond donors (Lipinski definition) is 0. The molecule has 0 N–H and O–H groups in total. The van der Waals surface area contributed by atoms with E-state index in [0.29, 0.717) is 0 Å². The fourth-order valence-corrected chi connectivity index (χ4v) is 2.07. The molecular weight excluding hydrogens is 214 g/mol. The molecule has 1 aliphatic rings. The highest BCUT2D eigenvalue weighted by atomic mass is 16.5. The first-order chi connectivity index (χ1) is 8.16. The van der Waals surface area contributed by atoms with Crippen molar-refractivity contribution in [1.29, 1.82) is 0 Å². The van der Waals surface area contributed by atoms with Crippen LogP contribution in [0.15, 0.2) is 24.3 Å². The molecule has 1 unspecified atom stereocenters. The summed E-state index contributed by atoms with van der Waals surface area (Å²) in [7, 11) is 0. The molecule has 1 heterocycles. The van der Waals surface area contributed by atoms with Crippen molar-refractivity contribution in [2.75, 3.05) is 13.1 Å². The van der Waals surface area contributed by atoms with Crippen LogP contribution in [0.25, 0.3) is 0 Å². The SMILES string of the molecule is Cc1ccc(OC(C)C(=O)N2CCCC2)cc1. The van der Waals surface area contributed by atoms with Gasteiger partial charge >= 0.3 is 0 Å². The molecule has 1 aliphatic heterocycles. The van der Waals surface area contributed by atoms with Gasteiger partial charge in [-0.15, -0.1) is 0 Å². The smallest absolute Gasteiger partial charge is 0.263 e. The molecule has 1 amide bonds. The summed E-state index contributed by atoms with van der Waals surface area (Å²) in [6.45, 7) is 5.60. The highest BCUT2D eigenvalue weighted by Gasteiger charge is 2.24. The Labute approximate surface area is 102 Å². The molecule has 0 aliphatic carbocycles. The standard InChI is InChI=1S/C14H19NO2/c1-11-5-7-13(8-6-11)17-12(2)14(16)15-9-3-4-10-15/h5-8,12H,3-4,9-10H2,1-2H3. The predicted molar refractivity (Wildman–Crippen MR) is 67.1 cm³/mol. The lowest BCUT2D eigenvalue weighted by Gasteiger charge is -2.21. The Kier molecular flexibility index (Phi) is 3.67. The first kappa shape index (κ1) is 12.0. The molecule has 0 spiro atoms. The predicted octanol–water partition coefficient (Wildman–Crippen LogP) is 2.38. The average molecular weight is 233 g/mol. The third kappa shape index (κ3) is 2.99. The first-order valence-electron chi connectivity index (χ1n) is 6.19. The zero-order chi connectivity index (χ0) is 12.3. The molecule has 3 heteroatoms. The summed E-state index contributed by atoms with van der Waals surface area (Å²) < 4.78 is 5.65. The first-order valence-corrected chi connectivity index (χ1v) is 6.19.